The maximum absolute atomic E-state index is 2.19. The minimum Gasteiger partial charge on any atom is -0.575 e. The van der Waals surface area contributed by atoms with E-state index in [1.54, 1.807) is 0 Å². The molecule has 0 aromatic carbocycles. The Hall–Kier alpha value is 5.51. The van der Waals surface area contributed by atoms with Crippen LogP contribution in [-0.4, -0.2) is 0 Å². The van der Waals surface area contributed by atoms with Crippen LogP contribution in [0.3, 0.4) is 0 Å². The Morgan fingerprint density at radius 1 is 0.412 bits per heavy atom. The molecule has 0 radical (unpaired) electrons. The third-order valence-electron chi connectivity index (χ3n) is 2.00. The number of hydrogen-bond donors (Lipinski definition) is 0. The van der Waals surface area contributed by atoms with Crippen LogP contribution in [-0.2, 0) is 169 Å². The van der Waals surface area contributed by atoms with Gasteiger partial charge in [0.05, 0.1) is 0 Å². The minimum absolute atomic E-state index is 0. The van der Waals surface area contributed by atoms with E-state index in [4.69, 9.17) is 0 Å². The molecule has 0 heterocycles. The molecule has 8 heteroatoms. The molecule has 0 aromatic rings. The zero-order valence-corrected chi connectivity index (χ0v) is 33.5. The Labute approximate surface area is 223 Å². The maximum Gasteiger partial charge on any atom is 0 e. The normalized spacial score (nSPS) is 6.35. The predicted molar refractivity (Wildman–Crippen MR) is 42.3 cm³/mol. The Morgan fingerprint density at radius 3 is 0.529 bits per heavy atom. The van der Waals surface area contributed by atoms with Gasteiger partial charge in [0.1, 0.15) is 0 Å². The minimum atomic E-state index is 0. The Bertz CT molecular complexity index is 59.9. The van der Waals surface area contributed by atoms with Crippen molar-refractivity contribution in [2.75, 3.05) is 0 Å². The van der Waals surface area contributed by atoms with Crippen molar-refractivity contribution in [2.45, 2.75) is 27.7 Å². The third-order valence-corrected chi connectivity index (χ3v) is 2.00. The van der Waals surface area contributed by atoms with Crippen LogP contribution >= 0.6 is 0 Å². The molecule has 0 saturated carbocycles. The molecule has 0 N–H and O–H groups in total. The Kier molecular flexibility index (Phi) is 126. The van der Waals surface area contributed by atoms with Gasteiger partial charge in [-0.05, 0) is 0 Å². The molecule has 0 amide bonds. The topological polar surface area (TPSA) is 0 Å². The van der Waals surface area contributed by atoms with Crippen LogP contribution in [0.1, 0.15) is 27.7 Å². The van der Waals surface area contributed by atoms with E-state index >= 15 is 0 Å². The van der Waals surface area contributed by atoms with Crippen molar-refractivity contribution in [1.29, 1.82) is 0 Å². The molecule has 0 aliphatic rings. The molecule has 0 atom stereocenters. The van der Waals surface area contributed by atoms with Crippen LogP contribution in [0.2, 0.25) is 0 Å². The molecule has 0 aromatic heterocycles. The van der Waals surface area contributed by atoms with E-state index in [1.807, 2.05) is 0 Å². The van der Waals surface area contributed by atoms with Gasteiger partial charge in [-0.25, -0.2) is 0 Å². The average Bonchev–Trinajstić information content (AvgIpc) is 1.95. The van der Waals surface area contributed by atoms with Crippen LogP contribution in [0.15, 0.2) is 0 Å². The van der Waals surface area contributed by atoms with Crippen LogP contribution in [0, 0.1) is 31.1 Å². The molecule has 0 aliphatic carbocycles. The van der Waals surface area contributed by atoms with E-state index in [9.17, 15) is 0 Å². The fourth-order valence-electron chi connectivity index (χ4n) is 1.00. The van der Waals surface area contributed by atoms with Crippen LogP contribution in [0.5, 0.6) is 0 Å². The fraction of sp³-hybridized carbons (Fsp3) is 0.556. The third kappa shape index (κ3) is 26.7. The second-order valence-corrected chi connectivity index (χ2v) is 2.15. The van der Waals surface area contributed by atoms with Gasteiger partial charge in [0, 0.05) is 169 Å². The zero-order valence-electron chi connectivity index (χ0n) is 10.1. The number of rotatable bonds is 4. The summed E-state index contributed by atoms with van der Waals surface area (Å²) in [6.07, 6.45) is 8.75. The van der Waals surface area contributed by atoms with Gasteiger partial charge in [-0.3, -0.25) is 0 Å². The van der Waals surface area contributed by atoms with E-state index in [-0.39, 0.29) is 174 Å². The van der Waals surface area contributed by atoms with Crippen molar-refractivity contribution in [3.63, 3.8) is 0 Å². The first kappa shape index (κ1) is 57.1. The van der Waals surface area contributed by atoms with Crippen molar-refractivity contribution in [2.24, 2.45) is 5.41 Å². The molecule has 0 rings (SSSR count). The quantitative estimate of drug-likeness (QED) is 0.381. The molecule has 104 valence electrons. The van der Waals surface area contributed by atoms with E-state index < -0.39 is 0 Å². The Balaban J connectivity index is -0.0000000114. The summed E-state index contributed by atoms with van der Waals surface area (Å²) >= 11 is 0. The predicted octanol–water partition coefficient (Wildman–Crippen LogP) is 2.85. The van der Waals surface area contributed by atoms with Crippen molar-refractivity contribution in [3.05, 3.63) is 25.7 Å². The van der Waals surface area contributed by atoms with Crippen molar-refractivity contribution < 1.29 is 169 Å². The van der Waals surface area contributed by atoms with E-state index in [1.165, 1.54) is 0 Å². The van der Waals surface area contributed by atoms with Crippen molar-refractivity contribution >= 4 is 0 Å². The summed E-state index contributed by atoms with van der Waals surface area (Å²) in [5.41, 5.74) is 0.167. The molecular formula is C9H16W8-4. The molecular weight excluding hydrogens is 1580 g/mol. The second-order valence-electron chi connectivity index (χ2n) is 2.15. The Morgan fingerprint density at radius 2 is 0.529 bits per heavy atom. The van der Waals surface area contributed by atoms with Gasteiger partial charge in [0.2, 0.25) is 0 Å². The largest absolute Gasteiger partial charge is 0.575 e. The maximum atomic E-state index is 2.19. The van der Waals surface area contributed by atoms with E-state index in [2.05, 4.69) is 53.4 Å². The van der Waals surface area contributed by atoms with Gasteiger partial charge >= 0.3 is 0 Å². The molecule has 0 fully saturated rings. The molecule has 0 spiro atoms. The van der Waals surface area contributed by atoms with Crippen LogP contribution in [0.4, 0.5) is 0 Å². The van der Waals surface area contributed by atoms with Gasteiger partial charge in [-0.2, -0.15) is 27.7 Å². The first-order chi connectivity index (χ1) is 4.24. The summed E-state index contributed by atoms with van der Waals surface area (Å²) in [4.78, 5) is 0. The first-order valence-corrected chi connectivity index (χ1v) is 3.46. The van der Waals surface area contributed by atoms with Crippen LogP contribution < -0.4 is 0 Å². The molecule has 0 aliphatic heterocycles. The van der Waals surface area contributed by atoms with Gasteiger partial charge < -0.3 is 31.1 Å². The summed E-state index contributed by atoms with van der Waals surface area (Å²) in [5.74, 6) is 0. The molecule has 17 heavy (non-hydrogen) atoms. The van der Waals surface area contributed by atoms with Gasteiger partial charge in [0.25, 0.3) is 0 Å². The SMILES string of the molecule is C[CH-]C([CH-]C)([CH-]C)[CH-]C.[W].[W].[W].[W].[W].[W].[W].[W]. The van der Waals surface area contributed by atoms with E-state index in [0.717, 1.165) is 0 Å². The number of hydrogen-bond acceptors (Lipinski definition) is 0. The van der Waals surface area contributed by atoms with Crippen molar-refractivity contribution in [1.82, 2.24) is 0 Å². The van der Waals surface area contributed by atoms with Gasteiger partial charge in [-0.1, -0.05) is 0 Å². The molecule has 0 nitrogen and oxygen atoms in total. The monoisotopic (exact) mass is 1600 g/mol. The van der Waals surface area contributed by atoms with Crippen molar-refractivity contribution in [3.8, 4) is 0 Å². The average molecular weight is 1590 g/mol. The smallest absolute Gasteiger partial charge is 0 e. The second kappa shape index (κ2) is 37.6. The molecule has 0 saturated heterocycles. The summed E-state index contributed by atoms with van der Waals surface area (Å²) in [7, 11) is 0. The van der Waals surface area contributed by atoms with Gasteiger partial charge in [0.15, 0.2) is 0 Å². The standard InChI is InChI=1S/C9H16.8W/c1-5-9(6-2,7-3)8-4;;;;;;;;/h5-8H,1-4H3;;;;;;;;/q-4;;;;;;;;. The zero-order chi connectivity index (χ0) is 7.33. The first-order valence-electron chi connectivity index (χ1n) is 3.46. The summed E-state index contributed by atoms with van der Waals surface area (Å²) < 4.78 is 0. The van der Waals surface area contributed by atoms with Gasteiger partial charge in [-0.15, -0.1) is 0 Å². The summed E-state index contributed by atoms with van der Waals surface area (Å²) in [5, 5.41) is 0. The molecule has 0 bridgehead atoms. The van der Waals surface area contributed by atoms with Crippen LogP contribution in [0.25, 0.3) is 0 Å². The fourth-order valence-corrected chi connectivity index (χ4v) is 1.00. The molecule has 0 unspecified atom stereocenters. The summed E-state index contributed by atoms with van der Waals surface area (Å²) in [6.45, 7) is 8.33. The summed E-state index contributed by atoms with van der Waals surface area (Å²) in [6, 6.07) is 0. The van der Waals surface area contributed by atoms with E-state index in [0.29, 0.717) is 0 Å².